The Bertz CT molecular complexity index is 1870. The van der Waals surface area contributed by atoms with Crippen molar-refractivity contribution >= 4 is 44.8 Å². The van der Waals surface area contributed by atoms with Gasteiger partial charge in [-0.2, -0.15) is 4.98 Å². The molecule has 0 aliphatic rings. The van der Waals surface area contributed by atoms with Crippen LogP contribution in [-0.2, 0) is 24.3 Å². The molecule has 0 fully saturated rings. The summed E-state index contributed by atoms with van der Waals surface area (Å²) < 4.78 is 6.22. The lowest BCUT2D eigenvalue weighted by molar-refractivity contribution is -0.131. The summed E-state index contributed by atoms with van der Waals surface area (Å²) >= 11 is 3.56. The average Bonchev–Trinajstić information content (AvgIpc) is 3.06. The van der Waals surface area contributed by atoms with E-state index in [0.29, 0.717) is 33.9 Å². The van der Waals surface area contributed by atoms with Crippen LogP contribution in [0.1, 0.15) is 40.8 Å². The zero-order valence-electron chi connectivity index (χ0n) is 25.9. The van der Waals surface area contributed by atoms with Gasteiger partial charge in [-0.3, -0.25) is 4.79 Å². The molecule has 0 bridgehead atoms. The Hall–Kier alpha value is -4.96. The number of benzene rings is 4. The molecule has 4 aromatic carbocycles. The molecule has 0 spiro atoms. The summed E-state index contributed by atoms with van der Waals surface area (Å²) in [5, 5.41) is 9.20. The third-order valence-electron chi connectivity index (χ3n) is 7.83. The first kappa shape index (κ1) is 32.4. The number of hydrogen-bond acceptors (Lipinski definition) is 6. The molecule has 5 rings (SSSR count). The van der Waals surface area contributed by atoms with Crippen LogP contribution in [0.15, 0.2) is 111 Å². The van der Waals surface area contributed by atoms with E-state index in [1.54, 1.807) is 18.9 Å². The summed E-state index contributed by atoms with van der Waals surface area (Å²) in [6, 6.07) is 29.6. The van der Waals surface area contributed by atoms with Crippen molar-refractivity contribution in [3.05, 3.63) is 140 Å². The lowest BCUT2D eigenvalue weighted by atomic mass is 10.0. The molecule has 236 valence electrons. The number of amides is 3. The van der Waals surface area contributed by atoms with E-state index in [1.165, 1.54) is 0 Å². The summed E-state index contributed by atoms with van der Waals surface area (Å²) in [5.41, 5.74) is 4.11. The number of likely N-dealkylation sites (N-methyl/N-ethyl adjacent to an activating group) is 1. The van der Waals surface area contributed by atoms with Gasteiger partial charge in [0.2, 0.25) is 5.91 Å². The number of nitrogens with one attached hydrogen (secondary N) is 3. The minimum atomic E-state index is -0.746. The van der Waals surface area contributed by atoms with Crippen molar-refractivity contribution in [3.63, 3.8) is 0 Å². The van der Waals surface area contributed by atoms with E-state index in [0.717, 1.165) is 22.3 Å². The lowest BCUT2D eigenvalue weighted by Gasteiger charge is -2.25. The molecule has 1 aromatic heterocycles. The molecule has 9 nitrogen and oxygen atoms in total. The highest BCUT2D eigenvalue weighted by atomic mass is 79.9. The largest absolute Gasteiger partial charge is 0.389 e. The van der Waals surface area contributed by atoms with E-state index in [4.69, 9.17) is 4.42 Å². The van der Waals surface area contributed by atoms with Gasteiger partial charge in [0, 0.05) is 31.0 Å². The minimum Gasteiger partial charge on any atom is -0.389 e. The summed E-state index contributed by atoms with van der Waals surface area (Å²) in [6.07, 6.45) is 0.359. The van der Waals surface area contributed by atoms with Crippen LogP contribution in [0, 0.1) is 6.92 Å². The maximum absolute atomic E-state index is 13.7. The molecule has 0 radical (unpaired) electrons. The normalized spacial score (nSPS) is 12.3. The maximum atomic E-state index is 13.7. The molecule has 0 aliphatic heterocycles. The summed E-state index contributed by atoms with van der Waals surface area (Å²) in [4.78, 5) is 46.0. The van der Waals surface area contributed by atoms with Crippen LogP contribution in [0.2, 0.25) is 0 Å². The van der Waals surface area contributed by atoms with Crippen molar-refractivity contribution in [3.8, 4) is 0 Å². The fraction of sp³-hybridized carbons (Fsp3) is 0.222. The van der Waals surface area contributed by atoms with Crippen LogP contribution in [0.5, 0.6) is 0 Å². The third-order valence-corrected chi connectivity index (χ3v) is 8.44. The van der Waals surface area contributed by atoms with Crippen molar-refractivity contribution < 1.29 is 14.0 Å². The van der Waals surface area contributed by atoms with Gasteiger partial charge in [-0.25, -0.2) is 9.59 Å². The minimum absolute atomic E-state index is 0.0554. The van der Waals surface area contributed by atoms with Crippen molar-refractivity contribution in [1.82, 2.24) is 20.5 Å². The van der Waals surface area contributed by atoms with Crippen LogP contribution in [0.4, 0.5) is 10.8 Å². The van der Waals surface area contributed by atoms with Crippen LogP contribution in [0.3, 0.4) is 0 Å². The van der Waals surface area contributed by atoms with E-state index in [2.05, 4.69) is 36.9 Å². The highest BCUT2D eigenvalue weighted by Gasteiger charge is 2.25. The summed E-state index contributed by atoms with van der Waals surface area (Å²) in [6.45, 7) is 4.32. The van der Waals surface area contributed by atoms with Gasteiger partial charge in [0.25, 0.3) is 6.01 Å². The topological polar surface area (TPSA) is 117 Å². The van der Waals surface area contributed by atoms with Crippen molar-refractivity contribution in [1.29, 1.82) is 0 Å². The van der Waals surface area contributed by atoms with E-state index in [9.17, 15) is 14.4 Å². The Balaban J connectivity index is 1.35. The second kappa shape index (κ2) is 14.9. The SMILES string of the molecule is Cc1c(CNC(=O)N[C@H](C)c2ccccc2)cc(Br)c2nc(N[C@@H](Cc3ccccc3)C(=O)N(C)Cc3ccccc3)oc(=O)c12. The number of anilines is 1. The first-order valence-electron chi connectivity index (χ1n) is 15.0. The number of rotatable bonds is 11. The number of halogens is 1. The molecular weight excluding hydrogens is 646 g/mol. The quantitative estimate of drug-likeness (QED) is 0.147. The van der Waals surface area contributed by atoms with Crippen LogP contribution < -0.4 is 21.6 Å². The molecule has 2 atom stereocenters. The van der Waals surface area contributed by atoms with Gasteiger partial charge in [-0.15, -0.1) is 0 Å². The molecule has 46 heavy (non-hydrogen) atoms. The number of carbonyl (C=O) groups excluding carboxylic acids is 2. The van der Waals surface area contributed by atoms with Gasteiger partial charge in [0.05, 0.1) is 16.9 Å². The molecule has 0 saturated heterocycles. The molecule has 3 amide bonds. The van der Waals surface area contributed by atoms with Gasteiger partial charge < -0.3 is 25.3 Å². The van der Waals surface area contributed by atoms with Gasteiger partial charge in [0.15, 0.2) is 0 Å². The molecule has 3 N–H and O–H groups in total. The Labute approximate surface area is 276 Å². The zero-order valence-corrected chi connectivity index (χ0v) is 27.5. The first-order chi connectivity index (χ1) is 22.2. The van der Waals surface area contributed by atoms with Crippen molar-refractivity contribution in [2.75, 3.05) is 12.4 Å². The molecule has 1 heterocycles. The maximum Gasteiger partial charge on any atom is 0.348 e. The Morgan fingerprint density at radius 3 is 2.20 bits per heavy atom. The highest BCUT2D eigenvalue weighted by molar-refractivity contribution is 9.10. The Morgan fingerprint density at radius 2 is 1.54 bits per heavy atom. The number of aromatic nitrogens is 1. The Kier molecular flexibility index (Phi) is 10.5. The van der Waals surface area contributed by atoms with E-state index in [1.807, 2.05) is 104 Å². The van der Waals surface area contributed by atoms with Gasteiger partial charge >= 0.3 is 11.7 Å². The second-order valence-electron chi connectivity index (χ2n) is 11.2. The monoisotopic (exact) mass is 681 g/mol. The van der Waals surface area contributed by atoms with Gasteiger partial charge in [-0.1, -0.05) is 91.0 Å². The zero-order chi connectivity index (χ0) is 32.6. The molecule has 0 aliphatic carbocycles. The van der Waals surface area contributed by atoms with E-state index in [-0.39, 0.29) is 30.5 Å². The number of aryl methyl sites for hydroxylation is 1. The molecule has 0 unspecified atom stereocenters. The number of nitrogens with zero attached hydrogens (tertiary/aromatic N) is 2. The first-order valence-corrected chi connectivity index (χ1v) is 15.8. The number of fused-ring (bicyclic) bond motifs is 1. The van der Waals surface area contributed by atoms with E-state index >= 15 is 0 Å². The Morgan fingerprint density at radius 1 is 0.935 bits per heavy atom. The van der Waals surface area contributed by atoms with Crippen LogP contribution in [0.25, 0.3) is 10.9 Å². The number of hydrogen-bond donors (Lipinski definition) is 3. The van der Waals surface area contributed by atoms with Gasteiger partial charge in [-0.05, 0) is 63.7 Å². The smallest absolute Gasteiger partial charge is 0.348 e. The number of urea groups is 1. The standard InChI is InChI=1S/C36H36BrN5O4/c1-23-28(21-38-35(45)39-24(2)27-17-11-6-12-18-27)20-29(37)32-31(23)34(44)46-36(41-32)40-30(19-25-13-7-4-8-14-25)33(43)42(3)22-26-15-9-5-10-16-26/h4-18,20,24,30H,19,21-22H2,1-3H3,(H,40,41)(H2,38,39,45)/t24-,30+/m1/s1. The van der Waals surface area contributed by atoms with Crippen LogP contribution >= 0.6 is 15.9 Å². The molecule has 5 aromatic rings. The summed E-state index contributed by atoms with van der Waals surface area (Å²) in [7, 11) is 1.75. The molecule has 0 saturated carbocycles. The second-order valence-corrected chi connectivity index (χ2v) is 12.1. The number of carbonyl (C=O) groups is 2. The predicted molar refractivity (Wildman–Crippen MR) is 183 cm³/mol. The van der Waals surface area contributed by atoms with Crippen molar-refractivity contribution in [2.24, 2.45) is 0 Å². The average molecular weight is 683 g/mol. The van der Waals surface area contributed by atoms with Crippen molar-refractivity contribution in [2.45, 2.75) is 45.4 Å². The highest BCUT2D eigenvalue weighted by Crippen LogP contribution is 2.28. The predicted octanol–water partition coefficient (Wildman–Crippen LogP) is 6.50. The summed E-state index contributed by atoms with van der Waals surface area (Å²) in [5.74, 6) is -0.172. The van der Waals surface area contributed by atoms with Crippen LogP contribution in [-0.4, -0.2) is 34.9 Å². The van der Waals surface area contributed by atoms with E-state index < -0.39 is 11.7 Å². The van der Waals surface area contributed by atoms with Gasteiger partial charge in [0.1, 0.15) is 6.04 Å². The lowest BCUT2D eigenvalue weighted by Crippen LogP contribution is -2.42. The molecular formula is C36H36BrN5O4. The fourth-order valence-electron chi connectivity index (χ4n) is 5.30. The molecule has 10 heteroatoms. The third kappa shape index (κ3) is 8.00. The fourth-order valence-corrected chi connectivity index (χ4v) is 5.87.